The Morgan fingerprint density at radius 3 is 2.92 bits per heavy atom. The topological polar surface area (TPSA) is 38.0 Å². The van der Waals surface area contributed by atoms with Crippen molar-refractivity contribution in [1.82, 2.24) is 0 Å². The summed E-state index contributed by atoms with van der Waals surface area (Å²) in [6.07, 6.45) is 1.13. The molecule has 1 unspecified atom stereocenters. The molecular formula is C10H15ClN2. The van der Waals surface area contributed by atoms with Crippen LogP contribution in [0.5, 0.6) is 0 Å². The third-order valence-electron chi connectivity index (χ3n) is 2.36. The molecule has 2 rings (SSSR count). The van der Waals surface area contributed by atoms with Crippen LogP contribution in [0, 0.1) is 0 Å². The average molecular weight is 199 g/mol. The predicted octanol–water partition coefficient (Wildman–Crippen LogP) is 2.10. The van der Waals surface area contributed by atoms with E-state index in [2.05, 4.69) is 23.5 Å². The van der Waals surface area contributed by atoms with Crippen molar-refractivity contribution in [3.8, 4) is 0 Å². The van der Waals surface area contributed by atoms with Gasteiger partial charge in [-0.3, -0.25) is 0 Å². The van der Waals surface area contributed by atoms with Crippen molar-refractivity contribution in [3.63, 3.8) is 0 Å². The zero-order valence-electron chi connectivity index (χ0n) is 7.71. The number of benzene rings is 1. The first-order chi connectivity index (χ1) is 5.77. The largest absolute Gasteiger partial charge is 0.384 e. The number of halogens is 1. The highest BCUT2D eigenvalue weighted by molar-refractivity contribution is 5.85. The molecule has 13 heavy (non-hydrogen) atoms. The van der Waals surface area contributed by atoms with E-state index in [9.17, 15) is 0 Å². The second-order valence-corrected chi connectivity index (χ2v) is 3.38. The summed E-state index contributed by atoms with van der Waals surface area (Å²) < 4.78 is 0. The minimum Gasteiger partial charge on any atom is -0.384 e. The molecule has 1 aliphatic heterocycles. The van der Waals surface area contributed by atoms with Crippen LogP contribution in [0.15, 0.2) is 18.2 Å². The second kappa shape index (κ2) is 3.99. The van der Waals surface area contributed by atoms with Crippen molar-refractivity contribution in [3.05, 3.63) is 29.3 Å². The van der Waals surface area contributed by atoms with Gasteiger partial charge in [-0.2, -0.15) is 0 Å². The predicted molar refractivity (Wildman–Crippen MR) is 58.5 cm³/mol. The maximum Gasteiger partial charge on any atom is 0.0373 e. The molecule has 0 radical (unpaired) electrons. The summed E-state index contributed by atoms with van der Waals surface area (Å²) in [5.74, 6) is 0. The number of hydrogen-bond donors (Lipinski definition) is 2. The fraction of sp³-hybridized carbons (Fsp3) is 0.400. The van der Waals surface area contributed by atoms with Crippen LogP contribution in [0.4, 0.5) is 5.69 Å². The number of fused-ring (bicyclic) bond motifs is 1. The number of hydrogen-bond acceptors (Lipinski definition) is 2. The maximum atomic E-state index is 5.79. The van der Waals surface area contributed by atoms with Crippen LogP contribution in [0.2, 0.25) is 0 Å². The average Bonchev–Trinajstić information content (AvgIpc) is 2.49. The minimum absolute atomic E-state index is 0. The van der Waals surface area contributed by atoms with Gasteiger partial charge in [-0.25, -0.2) is 0 Å². The van der Waals surface area contributed by atoms with Gasteiger partial charge in [0.05, 0.1) is 0 Å². The van der Waals surface area contributed by atoms with Gasteiger partial charge in [0.2, 0.25) is 0 Å². The fourth-order valence-corrected chi connectivity index (χ4v) is 1.61. The van der Waals surface area contributed by atoms with Gasteiger partial charge in [0.1, 0.15) is 0 Å². The minimum atomic E-state index is 0. The third-order valence-corrected chi connectivity index (χ3v) is 2.36. The van der Waals surface area contributed by atoms with Crippen molar-refractivity contribution in [2.24, 2.45) is 5.73 Å². The quantitative estimate of drug-likeness (QED) is 0.726. The molecule has 0 saturated heterocycles. The van der Waals surface area contributed by atoms with Gasteiger partial charge in [0, 0.05) is 18.3 Å². The molecule has 72 valence electrons. The van der Waals surface area contributed by atoms with E-state index in [1.165, 1.54) is 16.8 Å². The van der Waals surface area contributed by atoms with Gasteiger partial charge in [0.15, 0.2) is 0 Å². The highest BCUT2D eigenvalue weighted by Crippen LogP contribution is 2.24. The number of nitrogens with one attached hydrogen (secondary N) is 1. The number of nitrogens with two attached hydrogens (primary N) is 1. The van der Waals surface area contributed by atoms with Crippen molar-refractivity contribution in [1.29, 1.82) is 0 Å². The number of rotatable bonds is 1. The fourth-order valence-electron chi connectivity index (χ4n) is 1.61. The molecule has 0 spiro atoms. The van der Waals surface area contributed by atoms with Crippen LogP contribution >= 0.6 is 12.4 Å². The third kappa shape index (κ3) is 1.95. The SMILES string of the molecule is CC(N)c1ccc2c(c1)CCN2.Cl. The summed E-state index contributed by atoms with van der Waals surface area (Å²) in [4.78, 5) is 0. The molecule has 0 aromatic heterocycles. The molecule has 0 bridgehead atoms. The molecule has 3 N–H and O–H groups in total. The zero-order valence-corrected chi connectivity index (χ0v) is 8.53. The lowest BCUT2D eigenvalue weighted by molar-refractivity contribution is 0.816. The lowest BCUT2D eigenvalue weighted by Crippen LogP contribution is -2.04. The molecule has 1 heterocycles. The van der Waals surface area contributed by atoms with Crippen LogP contribution in [-0.4, -0.2) is 6.54 Å². The Hall–Kier alpha value is -0.730. The molecule has 0 fully saturated rings. The Labute approximate surface area is 84.9 Å². The van der Waals surface area contributed by atoms with E-state index in [0.29, 0.717) is 0 Å². The molecule has 0 saturated carbocycles. The van der Waals surface area contributed by atoms with Crippen LogP contribution in [0.1, 0.15) is 24.1 Å². The maximum absolute atomic E-state index is 5.79. The Morgan fingerprint density at radius 2 is 2.23 bits per heavy atom. The Bertz CT molecular complexity index is 297. The van der Waals surface area contributed by atoms with Crippen molar-refractivity contribution < 1.29 is 0 Å². The van der Waals surface area contributed by atoms with E-state index in [1.54, 1.807) is 0 Å². The lowest BCUT2D eigenvalue weighted by atomic mass is 10.0. The van der Waals surface area contributed by atoms with Crippen LogP contribution < -0.4 is 11.1 Å². The molecule has 1 aromatic carbocycles. The second-order valence-electron chi connectivity index (χ2n) is 3.38. The summed E-state index contributed by atoms with van der Waals surface area (Å²) in [7, 11) is 0. The Balaban J connectivity index is 0.000000845. The van der Waals surface area contributed by atoms with Crippen LogP contribution in [0.3, 0.4) is 0 Å². The van der Waals surface area contributed by atoms with Crippen LogP contribution in [-0.2, 0) is 6.42 Å². The molecular weight excluding hydrogens is 184 g/mol. The smallest absolute Gasteiger partial charge is 0.0373 e. The van der Waals surface area contributed by atoms with Crippen molar-refractivity contribution in [2.45, 2.75) is 19.4 Å². The summed E-state index contributed by atoms with van der Waals surface area (Å²) >= 11 is 0. The molecule has 1 aliphatic rings. The van der Waals surface area contributed by atoms with Gasteiger partial charge in [-0.15, -0.1) is 12.4 Å². The summed E-state index contributed by atoms with van der Waals surface area (Å²) in [5, 5.41) is 3.33. The first-order valence-corrected chi connectivity index (χ1v) is 4.39. The first kappa shape index (κ1) is 10.4. The highest BCUT2D eigenvalue weighted by Gasteiger charge is 2.10. The Morgan fingerprint density at radius 1 is 1.46 bits per heavy atom. The summed E-state index contributed by atoms with van der Waals surface area (Å²) in [5.41, 5.74) is 9.71. The monoisotopic (exact) mass is 198 g/mol. The lowest BCUT2D eigenvalue weighted by Gasteiger charge is -2.07. The zero-order chi connectivity index (χ0) is 8.55. The molecule has 2 nitrogen and oxygen atoms in total. The van der Waals surface area contributed by atoms with Gasteiger partial charge in [-0.1, -0.05) is 12.1 Å². The molecule has 0 aliphatic carbocycles. The molecule has 0 amide bonds. The molecule has 1 atom stereocenters. The summed E-state index contributed by atoms with van der Waals surface area (Å²) in [6.45, 7) is 3.09. The Kier molecular flexibility index (Phi) is 3.17. The highest BCUT2D eigenvalue weighted by atomic mass is 35.5. The van der Waals surface area contributed by atoms with Gasteiger partial charge >= 0.3 is 0 Å². The standard InChI is InChI=1S/C10H14N2.ClH/c1-7(11)8-2-3-10-9(6-8)4-5-12-10;/h2-3,6-7,12H,4-5,11H2,1H3;1H. The van der Waals surface area contributed by atoms with Crippen LogP contribution in [0.25, 0.3) is 0 Å². The van der Waals surface area contributed by atoms with E-state index >= 15 is 0 Å². The van der Waals surface area contributed by atoms with Gasteiger partial charge < -0.3 is 11.1 Å². The number of anilines is 1. The van der Waals surface area contributed by atoms with E-state index in [0.717, 1.165) is 13.0 Å². The molecule has 3 heteroatoms. The van der Waals surface area contributed by atoms with E-state index in [4.69, 9.17) is 5.73 Å². The first-order valence-electron chi connectivity index (χ1n) is 4.39. The van der Waals surface area contributed by atoms with E-state index in [-0.39, 0.29) is 18.4 Å². The van der Waals surface area contributed by atoms with Crippen molar-refractivity contribution >= 4 is 18.1 Å². The normalized spacial score (nSPS) is 15.5. The van der Waals surface area contributed by atoms with E-state index < -0.39 is 0 Å². The van der Waals surface area contributed by atoms with E-state index in [1.807, 2.05) is 6.92 Å². The van der Waals surface area contributed by atoms with Gasteiger partial charge in [-0.05, 0) is 30.5 Å². The molecule has 1 aromatic rings. The summed E-state index contributed by atoms with van der Waals surface area (Å²) in [6, 6.07) is 6.58. The van der Waals surface area contributed by atoms with Crippen molar-refractivity contribution in [2.75, 3.05) is 11.9 Å². The van der Waals surface area contributed by atoms with Gasteiger partial charge in [0.25, 0.3) is 0 Å².